The van der Waals surface area contributed by atoms with Crippen LogP contribution in [0.15, 0.2) is 91.1 Å². The SMILES string of the molecule is C[C@@H]1NC(=O)[C@@H](Cc2c[nH]c3ccccc23)NC(=O)[C@H](Cc2ccccc2)NC(=O)[C@@H]2CCCN2C(=O)[C@H](Cc2ccccc2)NC(=O)[C@H]([C@@H](C)O)NC1=O. The van der Waals surface area contributed by atoms with Gasteiger partial charge >= 0.3 is 0 Å². The predicted molar refractivity (Wildman–Crippen MR) is 204 cm³/mol. The number of carbonyl (C=O) groups is 6. The third kappa shape index (κ3) is 9.38. The first-order valence-corrected chi connectivity index (χ1v) is 18.6. The Morgan fingerprint density at radius 3 is 1.89 bits per heavy atom. The number of hydrogen-bond donors (Lipinski definition) is 7. The summed E-state index contributed by atoms with van der Waals surface area (Å²) >= 11 is 0. The number of hydrogen-bond acceptors (Lipinski definition) is 7. The van der Waals surface area contributed by atoms with Gasteiger partial charge in [0.15, 0.2) is 0 Å². The van der Waals surface area contributed by atoms with Gasteiger partial charge in [-0.1, -0.05) is 78.9 Å². The maximum Gasteiger partial charge on any atom is 0.246 e. The van der Waals surface area contributed by atoms with Crippen molar-refractivity contribution in [3.8, 4) is 0 Å². The Kier molecular flexibility index (Phi) is 12.3. The van der Waals surface area contributed by atoms with E-state index in [-0.39, 0.29) is 25.8 Å². The molecule has 7 N–H and O–H groups in total. The molecular weight excluding hydrogens is 702 g/mol. The van der Waals surface area contributed by atoms with Crippen LogP contribution in [0.2, 0.25) is 0 Å². The highest BCUT2D eigenvalue weighted by atomic mass is 16.3. The fraction of sp³-hybridized carbons (Fsp3) is 0.366. The van der Waals surface area contributed by atoms with Gasteiger partial charge in [-0.25, -0.2) is 0 Å². The van der Waals surface area contributed by atoms with Crippen LogP contribution in [0.1, 0.15) is 43.4 Å². The Morgan fingerprint density at radius 2 is 1.22 bits per heavy atom. The molecule has 3 heterocycles. The van der Waals surface area contributed by atoms with E-state index < -0.39 is 77.8 Å². The number of rotatable bonds is 7. The largest absolute Gasteiger partial charge is 0.391 e. The molecule has 1 aromatic heterocycles. The highest BCUT2D eigenvalue weighted by molar-refractivity contribution is 5.99. The van der Waals surface area contributed by atoms with E-state index >= 15 is 0 Å². The topological polar surface area (TPSA) is 202 Å². The van der Waals surface area contributed by atoms with Crippen LogP contribution in [-0.2, 0) is 48.0 Å². The number of aliphatic hydroxyl groups excluding tert-OH is 1. The van der Waals surface area contributed by atoms with Gasteiger partial charge < -0.3 is 41.6 Å². The molecule has 2 saturated heterocycles. The van der Waals surface area contributed by atoms with Gasteiger partial charge in [-0.2, -0.15) is 0 Å². The van der Waals surface area contributed by atoms with Crippen LogP contribution in [-0.4, -0.2) is 99.3 Å². The molecule has 288 valence electrons. The lowest BCUT2D eigenvalue weighted by atomic mass is 10.0. The zero-order chi connectivity index (χ0) is 39.1. The minimum absolute atomic E-state index is 0.0361. The van der Waals surface area contributed by atoms with Crippen LogP contribution in [0.5, 0.6) is 0 Å². The second-order valence-electron chi connectivity index (χ2n) is 14.3. The molecule has 4 aromatic rings. The van der Waals surface area contributed by atoms with E-state index in [1.165, 1.54) is 18.7 Å². The first-order valence-electron chi connectivity index (χ1n) is 18.6. The Morgan fingerprint density at radius 1 is 0.655 bits per heavy atom. The second kappa shape index (κ2) is 17.4. The molecule has 0 aliphatic carbocycles. The maximum absolute atomic E-state index is 14.3. The van der Waals surface area contributed by atoms with Gasteiger partial charge in [0, 0.05) is 42.9 Å². The summed E-state index contributed by atoms with van der Waals surface area (Å²) in [5.41, 5.74) is 3.05. The summed E-state index contributed by atoms with van der Waals surface area (Å²) in [5, 5.41) is 25.1. The number of nitrogens with one attached hydrogen (secondary N) is 6. The summed E-state index contributed by atoms with van der Waals surface area (Å²) in [6.45, 7) is 2.97. The summed E-state index contributed by atoms with van der Waals surface area (Å²) in [6.07, 6.45) is 1.38. The molecule has 2 aliphatic rings. The van der Waals surface area contributed by atoms with E-state index in [4.69, 9.17) is 0 Å². The van der Waals surface area contributed by atoms with E-state index in [9.17, 15) is 33.9 Å². The summed E-state index contributed by atoms with van der Waals surface area (Å²) < 4.78 is 0. The summed E-state index contributed by atoms with van der Waals surface area (Å²) in [6, 6.07) is 18.5. The molecule has 14 heteroatoms. The third-order valence-corrected chi connectivity index (χ3v) is 10.2. The van der Waals surface area contributed by atoms with Crippen LogP contribution in [0.25, 0.3) is 10.9 Å². The van der Waals surface area contributed by atoms with Crippen molar-refractivity contribution in [3.63, 3.8) is 0 Å². The number of aliphatic hydroxyl groups is 1. The first kappa shape index (κ1) is 38.7. The molecule has 7 atom stereocenters. The molecule has 0 saturated carbocycles. The lowest BCUT2D eigenvalue weighted by Crippen LogP contribution is -2.62. The van der Waals surface area contributed by atoms with E-state index in [0.29, 0.717) is 12.8 Å². The minimum Gasteiger partial charge on any atom is -0.391 e. The van der Waals surface area contributed by atoms with Crippen LogP contribution in [0.4, 0.5) is 0 Å². The van der Waals surface area contributed by atoms with Crippen molar-refractivity contribution in [2.45, 2.75) is 88.3 Å². The number of aromatic nitrogens is 1. The van der Waals surface area contributed by atoms with Crippen molar-refractivity contribution in [2.24, 2.45) is 0 Å². The van der Waals surface area contributed by atoms with E-state index in [2.05, 4.69) is 31.6 Å². The molecule has 0 bridgehead atoms. The van der Waals surface area contributed by atoms with Crippen molar-refractivity contribution in [1.82, 2.24) is 36.5 Å². The summed E-state index contributed by atoms with van der Waals surface area (Å²) in [4.78, 5) is 88.6. The zero-order valence-corrected chi connectivity index (χ0v) is 30.8. The molecule has 14 nitrogen and oxygen atoms in total. The normalized spacial score (nSPS) is 25.1. The lowest BCUT2D eigenvalue weighted by Gasteiger charge is -2.32. The summed E-state index contributed by atoms with van der Waals surface area (Å²) in [7, 11) is 0. The molecule has 0 unspecified atom stereocenters. The van der Waals surface area contributed by atoms with Crippen LogP contribution >= 0.6 is 0 Å². The first-order chi connectivity index (χ1) is 26.5. The quantitative estimate of drug-likeness (QED) is 0.146. The average Bonchev–Trinajstić information content (AvgIpc) is 3.84. The highest BCUT2D eigenvalue weighted by Gasteiger charge is 2.41. The van der Waals surface area contributed by atoms with E-state index in [1.807, 2.05) is 60.7 Å². The van der Waals surface area contributed by atoms with Gasteiger partial charge in [0.1, 0.15) is 36.3 Å². The van der Waals surface area contributed by atoms with Crippen molar-refractivity contribution in [3.05, 3.63) is 108 Å². The van der Waals surface area contributed by atoms with E-state index in [0.717, 1.165) is 27.6 Å². The molecule has 6 amide bonds. The minimum atomic E-state index is -1.49. The molecule has 0 radical (unpaired) electrons. The van der Waals surface area contributed by atoms with Crippen LogP contribution in [0.3, 0.4) is 0 Å². The van der Waals surface area contributed by atoms with Gasteiger partial charge in [-0.3, -0.25) is 28.8 Å². The molecule has 2 fully saturated rings. The molecule has 55 heavy (non-hydrogen) atoms. The monoisotopic (exact) mass is 749 g/mol. The second-order valence-corrected chi connectivity index (χ2v) is 14.3. The number of para-hydroxylation sites is 1. The van der Waals surface area contributed by atoms with Crippen molar-refractivity contribution < 1.29 is 33.9 Å². The van der Waals surface area contributed by atoms with Gasteiger partial charge in [0.05, 0.1) is 6.10 Å². The van der Waals surface area contributed by atoms with Crippen molar-refractivity contribution in [2.75, 3.05) is 6.54 Å². The van der Waals surface area contributed by atoms with Gasteiger partial charge in [-0.05, 0) is 49.4 Å². The standard InChI is InChI=1S/C41H47N7O7/c1-24-36(50)47-35(25(2)49)40(54)46-33(21-27-14-7-4-8-15-27)41(55)48-19-11-18-34(48)39(53)45-31(20-26-12-5-3-6-13-26)38(52)44-32(37(51)43-24)22-28-23-42-30-17-10-9-16-29(28)30/h3-10,12-17,23-25,31-35,42,49H,11,18-22H2,1-2H3,(H,43,51)(H,44,52)(H,45,53)(H,46,54)(H,47,50)/t24-,25+,31-,32+,33-,34-,35-/m0/s1. The van der Waals surface area contributed by atoms with Gasteiger partial charge in [0.2, 0.25) is 35.4 Å². The number of carbonyl (C=O) groups excluding carboxylic acids is 6. The Balaban J connectivity index is 1.36. The number of benzene rings is 3. The van der Waals surface area contributed by atoms with Gasteiger partial charge in [0.25, 0.3) is 0 Å². The fourth-order valence-corrected chi connectivity index (χ4v) is 7.21. The molecule has 0 spiro atoms. The molecule has 6 rings (SSSR count). The van der Waals surface area contributed by atoms with Crippen molar-refractivity contribution >= 4 is 46.3 Å². The number of aromatic amines is 1. The van der Waals surface area contributed by atoms with E-state index in [1.54, 1.807) is 30.5 Å². The van der Waals surface area contributed by atoms with Crippen LogP contribution < -0.4 is 26.6 Å². The predicted octanol–water partition coefficient (Wildman–Crippen LogP) is 1.03. The highest BCUT2D eigenvalue weighted by Crippen LogP contribution is 2.22. The zero-order valence-electron chi connectivity index (χ0n) is 30.8. The lowest BCUT2D eigenvalue weighted by molar-refractivity contribution is -0.143. The molecular formula is C41H47N7O7. The fourth-order valence-electron chi connectivity index (χ4n) is 7.21. The average molecular weight is 750 g/mol. The smallest absolute Gasteiger partial charge is 0.246 e. The maximum atomic E-state index is 14.3. The summed E-state index contributed by atoms with van der Waals surface area (Å²) in [5.74, 6) is -3.96. The molecule has 3 aromatic carbocycles. The number of amides is 6. The van der Waals surface area contributed by atoms with Crippen molar-refractivity contribution in [1.29, 1.82) is 0 Å². The number of nitrogens with zero attached hydrogens (tertiary/aromatic N) is 1. The Labute approximate surface area is 318 Å². The Bertz CT molecular complexity index is 2020. The molecule has 2 aliphatic heterocycles. The number of fused-ring (bicyclic) bond motifs is 2. The third-order valence-electron chi connectivity index (χ3n) is 10.2. The van der Waals surface area contributed by atoms with Crippen LogP contribution in [0, 0.1) is 0 Å². The number of H-pyrrole nitrogens is 1. The van der Waals surface area contributed by atoms with Gasteiger partial charge in [-0.15, -0.1) is 0 Å². The Hall–Kier alpha value is -6.02.